The van der Waals surface area contributed by atoms with E-state index in [-0.39, 0.29) is 11.8 Å². The van der Waals surface area contributed by atoms with Crippen molar-refractivity contribution in [3.8, 4) is 0 Å². The van der Waals surface area contributed by atoms with Crippen molar-refractivity contribution in [1.82, 2.24) is 10.6 Å². The highest BCUT2D eigenvalue weighted by atomic mass is 32.2. The maximum Gasteiger partial charge on any atom is 0.328 e. The second-order valence-electron chi connectivity index (χ2n) is 10.5. The molecule has 0 aromatic heterocycles. The molecular formula is C32H54N2O4S. The van der Waals surface area contributed by atoms with Crippen molar-refractivity contribution in [1.29, 1.82) is 0 Å². The van der Waals surface area contributed by atoms with Crippen LogP contribution in [0.1, 0.15) is 132 Å². The summed E-state index contributed by atoms with van der Waals surface area (Å²) in [7, 11) is 1.32. The van der Waals surface area contributed by atoms with E-state index >= 15 is 0 Å². The lowest BCUT2D eigenvalue weighted by Gasteiger charge is -2.16. The molecule has 1 rings (SSSR count). The third-order valence-corrected chi connectivity index (χ3v) is 7.76. The second kappa shape index (κ2) is 23.8. The Balaban J connectivity index is 2.10. The van der Waals surface area contributed by atoms with E-state index in [1.807, 2.05) is 18.4 Å². The molecule has 7 heteroatoms. The Hall–Kier alpha value is -2.02. The molecule has 6 nitrogen and oxygen atoms in total. The molecule has 1 aromatic carbocycles. The lowest BCUT2D eigenvalue weighted by atomic mass is 10.0. The van der Waals surface area contributed by atoms with Crippen molar-refractivity contribution in [2.45, 2.75) is 129 Å². The van der Waals surface area contributed by atoms with E-state index in [0.717, 1.165) is 24.2 Å². The minimum Gasteiger partial charge on any atom is -0.467 e. The van der Waals surface area contributed by atoms with Crippen LogP contribution >= 0.6 is 11.8 Å². The number of benzene rings is 1. The van der Waals surface area contributed by atoms with Crippen molar-refractivity contribution in [2.75, 3.05) is 19.1 Å². The van der Waals surface area contributed by atoms with Crippen LogP contribution in [0.15, 0.2) is 24.3 Å². The van der Waals surface area contributed by atoms with E-state index in [9.17, 15) is 14.4 Å². The van der Waals surface area contributed by atoms with Crippen LogP contribution in [0, 0.1) is 0 Å². The Morgan fingerprint density at radius 3 is 1.79 bits per heavy atom. The third kappa shape index (κ3) is 18.0. The van der Waals surface area contributed by atoms with E-state index in [2.05, 4.69) is 17.6 Å². The van der Waals surface area contributed by atoms with Gasteiger partial charge >= 0.3 is 5.97 Å². The standard InChI is InChI=1S/C32H54N2O4S/c1-4-5-6-7-8-9-10-11-12-13-14-15-16-17-18-19-30(35)33-26-27-20-22-28(23-21-27)31(36)34-29(24-25-39-3)32(37)38-2/h20-23,29H,4-19,24-26H2,1-3H3,(H,33,35)(H,34,36)/t29-/m0/s1. The maximum absolute atomic E-state index is 12.5. The molecule has 1 aromatic rings. The topological polar surface area (TPSA) is 84.5 Å². The molecule has 0 aliphatic rings. The summed E-state index contributed by atoms with van der Waals surface area (Å²) in [6.45, 7) is 2.71. The van der Waals surface area contributed by atoms with Crippen LogP contribution in [0.3, 0.4) is 0 Å². The summed E-state index contributed by atoms with van der Waals surface area (Å²) in [5.74, 6) is 0.0697. The zero-order valence-corrected chi connectivity index (χ0v) is 25.7. The van der Waals surface area contributed by atoms with E-state index in [0.29, 0.717) is 24.9 Å². The number of esters is 1. The van der Waals surface area contributed by atoms with Crippen molar-refractivity contribution in [2.24, 2.45) is 0 Å². The number of hydrogen-bond donors (Lipinski definition) is 2. The fourth-order valence-corrected chi connectivity index (χ4v) is 5.06. The molecular weight excluding hydrogens is 508 g/mol. The van der Waals surface area contributed by atoms with E-state index in [1.165, 1.54) is 90.6 Å². The van der Waals surface area contributed by atoms with Crippen LogP contribution < -0.4 is 10.6 Å². The highest BCUT2D eigenvalue weighted by molar-refractivity contribution is 7.98. The maximum atomic E-state index is 12.5. The number of methoxy groups -OCH3 is 1. The van der Waals surface area contributed by atoms with Crippen molar-refractivity contribution < 1.29 is 19.1 Å². The zero-order chi connectivity index (χ0) is 28.6. The lowest BCUT2D eigenvalue weighted by Crippen LogP contribution is -2.41. The fourth-order valence-electron chi connectivity index (χ4n) is 4.59. The molecule has 0 saturated carbocycles. The van der Waals surface area contributed by atoms with Gasteiger partial charge in [-0.3, -0.25) is 9.59 Å². The Morgan fingerprint density at radius 2 is 1.31 bits per heavy atom. The summed E-state index contributed by atoms with van der Waals surface area (Å²) in [4.78, 5) is 36.7. The average molecular weight is 563 g/mol. The molecule has 2 N–H and O–H groups in total. The predicted molar refractivity (Wildman–Crippen MR) is 164 cm³/mol. The molecule has 0 spiro atoms. The summed E-state index contributed by atoms with van der Waals surface area (Å²) in [5.41, 5.74) is 1.41. The van der Waals surface area contributed by atoms with Gasteiger partial charge in [-0.15, -0.1) is 0 Å². The molecule has 0 aliphatic heterocycles. The van der Waals surface area contributed by atoms with Gasteiger partial charge in [-0.2, -0.15) is 11.8 Å². The molecule has 222 valence electrons. The molecule has 1 atom stereocenters. The normalized spacial score (nSPS) is 11.7. The number of carbonyl (C=O) groups is 3. The van der Waals surface area contributed by atoms with Gasteiger partial charge in [-0.25, -0.2) is 4.79 Å². The number of nitrogens with one attached hydrogen (secondary N) is 2. The SMILES string of the molecule is CCCCCCCCCCCCCCCCCC(=O)NCc1ccc(C(=O)N[C@@H](CCSC)C(=O)OC)cc1. The highest BCUT2D eigenvalue weighted by Gasteiger charge is 2.21. The van der Waals surface area contributed by atoms with Gasteiger partial charge in [0.15, 0.2) is 0 Å². The summed E-state index contributed by atoms with van der Waals surface area (Å²) in [6, 6.07) is 6.44. The summed E-state index contributed by atoms with van der Waals surface area (Å²) >= 11 is 1.61. The number of ether oxygens (including phenoxy) is 1. The molecule has 39 heavy (non-hydrogen) atoms. The van der Waals surface area contributed by atoms with E-state index in [1.54, 1.807) is 23.9 Å². The van der Waals surface area contributed by atoms with Gasteiger partial charge in [0.1, 0.15) is 6.04 Å². The van der Waals surface area contributed by atoms with Crippen LogP contribution in [0.2, 0.25) is 0 Å². The number of amides is 2. The Kier molecular flexibility index (Phi) is 21.4. The first-order valence-corrected chi connectivity index (χ1v) is 16.6. The second-order valence-corrected chi connectivity index (χ2v) is 11.5. The predicted octanol–water partition coefficient (Wildman–Crippen LogP) is 7.59. The number of hydrogen-bond acceptors (Lipinski definition) is 5. The summed E-state index contributed by atoms with van der Waals surface area (Å²) in [6.07, 6.45) is 22.7. The monoisotopic (exact) mass is 562 g/mol. The van der Waals surface area contributed by atoms with E-state index < -0.39 is 12.0 Å². The molecule has 0 heterocycles. The molecule has 0 unspecified atom stereocenters. The van der Waals surface area contributed by atoms with Gasteiger partial charge in [0, 0.05) is 18.5 Å². The highest BCUT2D eigenvalue weighted by Crippen LogP contribution is 2.14. The van der Waals surface area contributed by atoms with Gasteiger partial charge in [0.25, 0.3) is 5.91 Å². The number of rotatable bonds is 24. The van der Waals surface area contributed by atoms with Gasteiger partial charge < -0.3 is 15.4 Å². The Morgan fingerprint density at radius 1 is 0.795 bits per heavy atom. The molecule has 0 bridgehead atoms. The molecule has 0 radical (unpaired) electrons. The lowest BCUT2D eigenvalue weighted by molar-refractivity contribution is -0.142. The first-order chi connectivity index (χ1) is 19.0. The van der Waals surface area contributed by atoms with Gasteiger partial charge in [0.05, 0.1) is 7.11 Å². The minimum atomic E-state index is -0.659. The first-order valence-electron chi connectivity index (χ1n) is 15.2. The Labute approximate surface area is 242 Å². The summed E-state index contributed by atoms with van der Waals surface area (Å²) in [5, 5.41) is 5.73. The number of thioether (sulfide) groups is 1. The average Bonchev–Trinajstić information content (AvgIpc) is 2.95. The van der Waals surface area contributed by atoms with Gasteiger partial charge in [0.2, 0.25) is 5.91 Å². The molecule has 2 amide bonds. The molecule has 0 aliphatic carbocycles. The van der Waals surface area contributed by atoms with Crippen LogP contribution in [-0.2, 0) is 20.9 Å². The van der Waals surface area contributed by atoms with Crippen molar-refractivity contribution in [3.63, 3.8) is 0 Å². The Bertz CT molecular complexity index is 785. The number of unbranched alkanes of at least 4 members (excludes halogenated alkanes) is 14. The zero-order valence-electron chi connectivity index (χ0n) is 24.9. The van der Waals surface area contributed by atoms with Crippen molar-refractivity contribution >= 4 is 29.5 Å². The van der Waals surface area contributed by atoms with Crippen molar-refractivity contribution in [3.05, 3.63) is 35.4 Å². The van der Waals surface area contributed by atoms with Crippen LogP contribution in [-0.4, -0.2) is 42.9 Å². The van der Waals surface area contributed by atoms with E-state index in [4.69, 9.17) is 4.74 Å². The van der Waals surface area contributed by atoms with Crippen LogP contribution in [0.5, 0.6) is 0 Å². The van der Waals surface area contributed by atoms with Gasteiger partial charge in [-0.05, 0) is 42.5 Å². The quantitative estimate of drug-likeness (QED) is 0.100. The largest absolute Gasteiger partial charge is 0.467 e. The molecule has 0 fully saturated rings. The molecule has 0 saturated heterocycles. The van der Waals surface area contributed by atoms with Crippen LogP contribution in [0.25, 0.3) is 0 Å². The minimum absolute atomic E-state index is 0.0706. The van der Waals surface area contributed by atoms with Crippen LogP contribution in [0.4, 0.5) is 0 Å². The number of carbonyl (C=O) groups excluding carboxylic acids is 3. The van der Waals surface area contributed by atoms with Gasteiger partial charge in [-0.1, -0.05) is 109 Å². The third-order valence-electron chi connectivity index (χ3n) is 7.11. The first kappa shape index (κ1) is 35.0. The fraction of sp³-hybridized carbons (Fsp3) is 0.719. The summed E-state index contributed by atoms with van der Waals surface area (Å²) < 4.78 is 4.80. The smallest absolute Gasteiger partial charge is 0.328 e.